The minimum atomic E-state index is 0.232. The molecule has 1 aromatic carbocycles. The molecule has 0 fully saturated rings. The summed E-state index contributed by atoms with van der Waals surface area (Å²) in [5.74, 6) is 1.13. The monoisotopic (exact) mass is 317 g/mol. The number of aryl methyl sites for hydroxylation is 1. The Bertz CT molecular complexity index is 436. The number of hydrogen-bond acceptors (Lipinski definition) is 2. The number of benzene rings is 1. The van der Waals surface area contributed by atoms with Crippen molar-refractivity contribution in [2.75, 3.05) is 0 Å². The van der Waals surface area contributed by atoms with E-state index in [1.54, 1.807) is 0 Å². The van der Waals surface area contributed by atoms with Crippen LogP contribution in [0.5, 0.6) is 0 Å². The second-order valence-corrected chi connectivity index (χ2v) is 6.94. The number of rotatable bonds is 12. The molecule has 0 saturated heterocycles. The summed E-state index contributed by atoms with van der Waals surface area (Å²) in [7, 11) is 0. The average molecular weight is 318 g/mol. The summed E-state index contributed by atoms with van der Waals surface area (Å²) in [5, 5.41) is 0. The summed E-state index contributed by atoms with van der Waals surface area (Å²) >= 11 is 0. The molecule has 1 rings (SSSR count). The Kier molecular flexibility index (Phi) is 9.86. The lowest BCUT2D eigenvalue weighted by atomic mass is 9.93. The van der Waals surface area contributed by atoms with E-state index < -0.39 is 0 Å². The van der Waals surface area contributed by atoms with Gasteiger partial charge in [0.2, 0.25) is 0 Å². The molecule has 2 N–H and O–H groups in total. The molecule has 0 aliphatic heterocycles. The van der Waals surface area contributed by atoms with Gasteiger partial charge >= 0.3 is 0 Å². The highest BCUT2D eigenvalue weighted by atomic mass is 16.1. The van der Waals surface area contributed by atoms with Gasteiger partial charge < -0.3 is 5.73 Å². The van der Waals surface area contributed by atoms with Gasteiger partial charge in [0.05, 0.1) is 0 Å². The predicted molar refractivity (Wildman–Crippen MR) is 99.9 cm³/mol. The number of nitrogens with two attached hydrogens (primary N) is 1. The Morgan fingerprint density at radius 3 is 2.30 bits per heavy atom. The van der Waals surface area contributed by atoms with Crippen molar-refractivity contribution in [2.45, 2.75) is 84.6 Å². The number of unbranched alkanes of at least 4 members (excludes halogenated alkanes) is 1. The zero-order valence-corrected chi connectivity index (χ0v) is 15.3. The molecule has 0 aliphatic rings. The van der Waals surface area contributed by atoms with Crippen LogP contribution in [0.3, 0.4) is 0 Å². The van der Waals surface area contributed by atoms with E-state index in [4.69, 9.17) is 5.73 Å². The fraction of sp³-hybridized carbons (Fsp3) is 0.667. The highest BCUT2D eigenvalue weighted by Crippen LogP contribution is 2.19. The van der Waals surface area contributed by atoms with Crippen LogP contribution in [0.4, 0.5) is 0 Å². The lowest BCUT2D eigenvalue weighted by Gasteiger charge is -2.13. The SMILES string of the molecule is CCCC(CC)CCCCC(=O)c1ccc(CCC(C)N)cc1. The van der Waals surface area contributed by atoms with Crippen LogP contribution in [-0.4, -0.2) is 11.8 Å². The molecule has 130 valence electrons. The molecule has 0 saturated carbocycles. The van der Waals surface area contributed by atoms with Gasteiger partial charge in [0.1, 0.15) is 0 Å². The number of ketones is 1. The average Bonchev–Trinajstić information content (AvgIpc) is 2.56. The van der Waals surface area contributed by atoms with E-state index in [1.807, 2.05) is 19.1 Å². The minimum absolute atomic E-state index is 0.232. The van der Waals surface area contributed by atoms with Gasteiger partial charge in [-0.1, -0.05) is 70.2 Å². The van der Waals surface area contributed by atoms with E-state index in [2.05, 4.69) is 26.0 Å². The Morgan fingerprint density at radius 1 is 1.04 bits per heavy atom. The van der Waals surface area contributed by atoms with E-state index in [0.29, 0.717) is 6.42 Å². The minimum Gasteiger partial charge on any atom is -0.328 e. The molecule has 23 heavy (non-hydrogen) atoms. The van der Waals surface area contributed by atoms with Crippen LogP contribution in [0.1, 0.15) is 88.1 Å². The van der Waals surface area contributed by atoms with Gasteiger partial charge in [0.15, 0.2) is 5.78 Å². The van der Waals surface area contributed by atoms with Gasteiger partial charge in [-0.15, -0.1) is 0 Å². The van der Waals surface area contributed by atoms with Gasteiger partial charge in [0.25, 0.3) is 0 Å². The molecule has 2 nitrogen and oxygen atoms in total. The summed E-state index contributed by atoms with van der Waals surface area (Å²) in [5.41, 5.74) is 7.91. The Labute approximate surface area is 142 Å². The number of Topliss-reactive ketones (excluding diaryl/α,β-unsaturated/α-hetero) is 1. The van der Waals surface area contributed by atoms with Crippen LogP contribution in [0.15, 0.2) is 24.3 Å². The molecular weight excluding hydrogens is 282 g/mol. The lowest BCUT2D eigenvalue weighted by Crippen LogP contribution is -2.15. The summed E-state index contributed by atoms with van der Waals surface area (Å²) < 4.78 is 0. The highest BCUT2D eigenvalue weighted by Gasteiger charge is 2.08. The second-order valence-electron chi connectivity index (χ2n) is 6.94. The Balaban J connectivity index is 2.31. The standard InChI is InChI=1S/C21H35NO/c1-4-8-18(5-2)9-6-7-10-21(23)20-15-13-19(14-16-20)12-11-17(3)22/h13-18H,4-12,22H2,1-3H3. The van der Waals surface area contributed by atoms with Crippen molar-refractivity contribution < 1.29 is 4.79 Å². The van der Waals surface area contributed by atoms with Crippen LogP contribution in [0.2, 0.25) is 0 Å². The molecule has 0 amide bonds. The van der Waals surface area contributed by atoms with Crippen molar-refractivity contribution >= 4 is 5.78 Å². The van der Waals surface area contributed by atoms with E-state index in [9.17, 15) is 4.79 Å². The second kappa shape index (κ2) is 11.4. The van der Waals surface area contributed by atoms with E-state index in [1.165, 1.54) is 37.7 Å². The molecule has 0 aliphatic carbocycles. The topological polar surface area (TPSA) is 43.1 Å². The molecule has 2 unspecified atom stereocenters. The Hall–Kier alpha value is -1.15. The summed E-state index contributed by atoms with van der Waals surface area (Å²) in [6.45, 7) is 6.56. The first-order valence-corrected chi connectivity index (χ1v) is 9.44. The maximum atomic E-state index is 12.2. The smallest absolute Gasteiger partial charge is 0.162 e. The van der Waals surface area contributed by atoms with Crippen LogP contribution in [-0.2, 0) is 6.42 Å². The van der Waals surface area contributed by atoms with Crippen molar-refractivity contribution in [3.8, 4) is 0 Å². The first-order valence-electron chi connectivity index (χ1n) is 9.44. The van der Waals surface area contributed by atoms with Crippen molar-refractivity contribution in [1.82, 2.24) is 0 Å². The van der Waals surface area contributed by atoms with Crippen LogP contribution < -0.4 is 5.73 Å². The molecule has 2 atom stereocenters. The molecule has 0 radical (unpaired) electrons. The number of hydrogen-bond donors (Lipinski definition) is 1. The van der Waals surface area contributed by atoms with Crippen molar-refractivity contribution in [1.29, 1.82) is 0 Å². The first-order chi connectivity index (χ1) is 11.1. The quantitative estimate of drug-likeness (QED) is 0.406. The van der Waals surface area contributed by atoms with Gasteiger partial charge in [-0.3, -0.25) is 4.79 Å². The largest absolute Gasteiger partial charge is 0.328 e. The molecule has 0 bridgehead atoms. The maximum Gasteiger partial charge on any atom is 0.162 e. The zero-order valence-electron chi connectivity index (χ0n) is 15.3. The molecule has 0 heterocycles. The fourth-order valence-corrected chi connectivity index (χ4v) is 3.08. The third-order valence-corrected chi connectivity index (χ3v) is 4.70. The van der Waals surface area contributed by atoms with E-state index in [-0.39, 0.29) is 11.8 Å². The van der Waals surface area contributed by atoms with Crippen LogP contribution in [0, 0.1) is 5.92 Å². The Morgan fingerprint density at radius 2 is 1.74 bits per heavy atom. The summed E-state index contributed by atoms with van der Waals surface area (Å²) in [6.07, 6.45) is 9.99. The fourth-order valence-electron chi connectivity index (χ4n) is 3.08. The predicted octanol–water partition coefficient (Wildman–Crippen LogP) is 5.54. The first kappa shape index (κ1) is 19.9. The number of carbonyl (C=O) groups is 1. The molecular formula is C21H35NO. The van der Waals surface area contributed by atoms with Crippen molar-refractivity contribution in [2.24, 2.45) is 11.7 Å². The highest BCUT2D eigenvalue weighted by molar-refractivity contribution is 5.96. The summed E-state index contributed by atoms with van der Waals surface area (Å²) in [6, 6.07) is 8.33. The third kappa shape index (κ3) is 8.31. The van der Waals surface area contributed by atoms with Gasteiger partial charge in [0, 0.05) is 18.0 Å². The van der Waals surface area contributed by atoms with E-state index in [0.717, 1.165) is 30.7 Å². The molecule has 0 spiro atoms. The normalized spacial score (nSPS) is 13.7. The molecule has 2 heteroatoms. The molecule has 1 aromatic rings. The maximum absolute atomic E-state index is 12.2. The van der Waals surface area contributed by atoms with Gasteiger partial charge in [-0.2, -0.15) is 0 Å². The van der Waals surface area contributed by atoms with Crippen molar-refractivity contribution in [3.63, 3.8) is 0 Å². The van der Waals surface area contributed by atoms with Gasteiger partial charge in [-0.25, -0.2) is 0 Å². The lowest BCUT2D eigenvalue weighted by molar-refractivity contribution is 0.0978. The van der Waals surface area contributed by atoms with E-state index >= 15 is 0 Å². The molecule has 0 aromatic heterocycles. The third-order valence-electron chi connectivity index (χ3n) is 4.70. The van der Waals surface area contributed by atoms with Gasteiger partial charge in [-0.05, 0) is 37.7 Å². The zero-order chi connectivity index (χ0) is 17.1. The van der Waals surface area contributed by atoms with Crippen molar-refractivity contribution in [3.05, 3.63) is 35.4 Å². The van der Waals surface area contributed by atoms with Crippen LogP contribution in [0.25, 0.3) is 0 Å². The summed E-state index contributed by atoms with van der Waals surface area (Å²) in [4.78, 5) is 12.2. The van der Waals surface area contributed by atoms with Crippen LogP contribution >= 0.6 is 0 Å². The number of carbonyl (C=O) groups excluding carboxylic acids is 1.